The third-order valence-electron chi connectivity index (χ3n) is 4.51. The lowest BCUT2D eigenvalue weighted by Gasteiger charge is -2.10. The average Bonchev–Trinajstić information content (AvgIpc) is 2.94. The van der Waals surface area contributed by atoms with E-state index in [0.29, 0.717) is 22.6 Å². The molecule has 1 atom stereocenters. The van der Waals surface area contributed by atoms with Crippen molar-refractivity contribution in [3.63, 3.8) is 0 Å². The van der Waals surface area contributed by atoms with E-state index in [1.165, 1.54) is 16.5 Å². The molecule has 1 heterocycles. The maximum atomic E-state index is 6.35. The van der Waals surface area contributed by atoms with Gasteiger partial charge in [0.1, 0.15) is 0 Å². The quantitative estimate of drug-likeness (QED) is 0.580. The minimum absolute atomic E-state index is 0.505. The molecule has 0 unspecified atom stereocenters. The molecule has 0 bridgehead atoms. The van der Waals surface area contributed by atoms with Gasteiger partial charge < -0.3 is 9.88 Å². The van der Waals surface area contributed by atoms with Crippen LogP contribution < -0.4 is 5.32 Å². The van der Waals surface area contributed by atoms with Gasteiger partial charge in [0, 0.05) is 45.3 Å². The van der Waals surface area contributed by atoms with Crippen molar-refractivity contribution in [1.82, 2.24) is 9.88 Å². The SMILES string of the molecule is CC[C@H](C)NCc1cn(Cc2c(Cl)cccc2Cl)c2ccccc12. The van der Waals surface area contributed by atoms with E-state index in [-0.39, 0.29) is 0 Å². The molecule has 24 heavy (non-hydrogen) atoms. The maximum Gasteiger partial charge on any atom is 0.0505 e. The Hall–Kier alpha value is -1.48. The van der Waals surface area contributed by atoms with Crippen LogP contribution >= 0.6 is 23.2 Å². The van der Waals surface area contributed by atoms with Gasteiger partial charge >= 0.3 is 0 Å². The minimum atomic E-state index is 0.505. The molecule has 126 valence electrons. The van der Waals surface area contributed by atoms with E-state index in [9.17, 15) is 0 Å². The molecule has 0 saturated carbocycles. The van der Waals surface area contributed by atoms with E-state index in [1.807, 2.05) is 18.2 Å². The highest BCUT2D eigenvalue weighted by Gasteiger charge is 2.12. The number of benzene rings is 2. The van der Waals surface area contributed by atoms with Crippen LogP contribution in [0.4, 0.5) is 0 Å². The molecule has 0 spiro atoms. The predicted molar refractivity (Wildman–Crippen MR) is 104 cm³/mol. The normalized spacial score (nSPS) is 12.7. The van der Waals surface area contributed by atoms with Gasteiger partial charge in [-0.05, 0) is 37.1 Å². The fourth-order valence-corrected chi connectivity index (χ4v) is 3.39. The Morgan fingerprint density at radius 1 is 1.04 bits per heavy atom. The standard InChI is InChI=1S/C20H22Cl2N2/c1-3-14(2)23-11-15-12-24(20-10-5-4-7-16(15)20)13-17-18(21)8-6-9-19(17)22/h4-10,12,14,23H,3,11,13H2,1-2H3/t14-/m0/s1. The van der Waals surface area contributed by atoms with E-state index in [2.05, 4.69) is 54.2 Å². The van der Waals surface area contributed by atoms with Crippen molar-refractivity contribution < 1.29 is 0 Å². The van der Waals surface area contributed by atoms with Gasteiger partial charge in [0.05, 0.1) is 6.54 Å². The summed E-state index contributed by atoms with van der Waals surface area (Å²) in [6.45, 7) is 5.93. The molecule has 4 heteroatoms. The Morgan fingerprint density at radius 3 is 2.46 bits per heavy atom. The summed E-state index contributed by atoms with van der Waals surface area (Å²) in [7, 11) is 0. The van der Waals surface area contributed by atoms with Crippen LogP contribution in [0.15, 0.2) is 48.7 Å². The third kappa shape index (κ3) is 3.61. The summed E-state index contributed by atoms with van der Waals surface area (Å²) >= 11 is 12.7. The monoisotopic (exact) mass is 360 g/mol. The number of nitrogens with zero attached hydrogens (tertiary/aromatic N) is 1. The van der Waals surface area contributed by atoms with Crippen LogP contribution in [0.25, 0.3) is 10.9 Å². The van der Waals surface area contributed by atoms with Gasteiger partial charge in [-0.2, -0.15) is 0 Å². The second kappa shape index (κ2) is 7.60. The Morgan fingerprint density at radius 2 is 1.75 bits per heavy atom. The van der Waals surface area contributed by atoms with Crippen molar-refractivity contribution >= 4 is 34.1 Å². The zero-order valence-electron chi connectivity index (χ0n) is 14.0. The molecule has 1 N–H and O–H groups in total. The van der Waals surface area contributed by atoms with Crippen molar-refractivity contribution in [3.8, 4) is 0 Å². The highest BCUT2D eigenvalue weighted by molar-refractivity contribution is 6.36. The van der Waals surface area contributed by atoms with Crippen molar-refractivity contribution in [1.29, 1.82) is 0 Å². The highest BCUT2D eigenvalue weighted by atomic mass is 35.5. The molecular formula is C20H22Cl2N2. The zero-order valence-corrected chi connectivity index (χ0v) is 15.5. The van der Waals surface area contributed by atoms with Crippen molar-refractivity contribution in [2.45, 2.75) is 39.4 Å². The molecule has 0 aliphatic rings. The Balaban J connectivity index is 1.96. The average molecular weight is 361 g/mol. The molecule has 0 amide bonds. The number of para-hydroxylation sites is 1. The first-order chi connectivity index (χ1) is 11.6. The van der Waals surface area contributed by atoms with E-state index >= 15 is 0 Å². The lowest BCUT2D eigenvalue weighted by atomic mass is 10.1. The molecule has 0 radical (unpaired) electrons. The summed E-state index contributed by atoms with van der Waals surface area (Å²) in [4.78, 5) is 0. The van der Waals surface area contributed by atoms with E-state index in [1.54, 1.807) is 0 Å². The number of nitrogens with one attached hydrogen (secondary N) is 1. The number of halogens is 2. The van der Waals surface area contributed by atoms with Gasteiger partial charge in [0.25, 0.3) is 0 Å². The smallest absolute Gasteiger partial charge is 0.0505 e. The zero-order chi connectivity index (χ0) is 17.1. The van der Waals surface area contributed by atoms with Crippen molar-refractivity contribution in [2.75, 3.05) is 0 Å². The lowest BCUT2D eigenvalue weighted by Crippen LogP contribution is -2.24. The molecule has 2 aromatic carbocycles. The van der Waals surface area contributed by atoms with Gasteiger partial charge in [-0.3, -0.25) is 0 Å². The largest absolute Gasteiger partial charge is 0.343 e. The molecule has 0 saturated heterocycles. The molecule has 2 nitrogen and oxygen atoms in total. The van der Waals surface area contributed by atoms with Gasteiger partial charge in [0.2, 0.25) is 0 Å². The van der Waals surface area contributed by atoms with Crippen LogP contribution in [0.2, 0.25) is 10.0 Å². The second-order valence-electron chi connectivity index (χ2n) is 6.19. The lowest BCUT2D eigenvalue weighted by molar-refractivity contribution is 0.535. The van der Waals surface area contributed by atoms with Crippen LogP contribution in [0, 0.1) is 0 Å². The van der Waals surface area contributed by atoms with Gasteiger partial charge in [-0.25, -0.2) is 0 Å². The second-order valence-corrected chi connectivity index (χ2v) is 7.00. The van der Waals surface area contributed by atoms with Gasteiger partial charge in [-0.15, -0.1) is 0 Å². The van der Waals surface area contributed by atoms with Crippen LogP contribution in [-0.4, -0.2) is 10.6 Å². The van der Waals surface area contributed by atoms with Crippen LogP contribution in [-0.2, 0) is 13.1 Å². The highest BCUT2D eigenvalue weighted by Crippen LogP contribution is 2.28. The first-order valence-corrected chi connectivity index (χ1v) is 9.08. The summed E-state index contributed by atoms with van der Waals surface area (Å²) in [6.07, 6.45) is 3.33. The van der Waals surface area contributed by atoms with E-state index < -0.39 is 0 Å². The van der Waals surface area contributed by atoms with Gasteiger partial charge in [-0.1, -0.05) is 54.4 Å². The molecular weight excluding hydrogens is 339 g/mol. The number of hydrogen-bond donors (Lipinski definition) is 1. The summed E-state index contributed by atoms with van der Waals surface area (Å²) < 4.78 is 2.23. The fourth-order valence-electron chi connectivity index (χ4n) is 2.88. The van der Waals surface area contributed by atoms with Crippen LogP contribution in [0.5, 0.6) is 0 Å². The predicted octanol–water partition coefficient (Wildman–Crippen LogP) is 5.88. The van der Waals surface area contributed by atoms with Gasteiger partial charge in [0.15, 0.2) is 0 Å². The first kappa shape index (κ1) is 17.3. The summed E-state index contributed by atoms with van der Waals surface area (Å²) in [5, 5.41) is 6.27. The van der Waals surface area contributed by atoms with Crippen molar-refractivity contribution in [3.05, 3.63) is 69.8 Å². The van der Waals surface area contributed by atoms with E-state index in [0.717, 1.165) is 18.5 Å². The number of aromatic nitrogens is 1. The summed E-state index contributed by atoms with van der Waals surface area (Å²) in [5.41, 5.74) is 3.46. The molecule has 0 aliphatic heterocycles. The number of hydrogen-bond acceptors (Lipinski definition) is 1. The Labute approximate surface area is 153 Å². The fraction of sp³-hybridized carbons (Fsp3) is 0.300. The maximum absolute atomic E-state index is 6.35. The topological polar surface area (TPSA) is 17.0 Å². The summed E-state index contributed by atoms with van der Waals surface area (Å²) in [6, 6.07) is 14.6. The molecule has 1 aromatic heterocycles. The Kier molecular flexibility index (Phi) is 5.50. The number of rotatable bonds is 6. The van der Waals surface area contributed by atoms with Crippen LogP contribution in [0.1, 0.15) is 31.4 Å². The Bertz CT molecular complexity index is 819. The molecule has 0 aliphatic carbocycles. The number of fused-ring (bicyclic) bond motifs is 1. The first-order valence-electron chi connectivity index (χ1n) is 8.33. The van der Waals surface area contributed by atoms with Crippen molar-refractivity contribution in [2.24, 2.45) is 0 Å². The van der Waals surface area contributed by atoms with Crippen LogP contribution in [0.3, 0.4) is 0 Å². The molecule has 3 rings (SSSR count). The minimum Gasteiger partial charge on any atom is -0.343 e. The summed E-state index contributed by atoms with van der Waals surface area (Å²) in [5.74, 6) is 0. The molecule has 0 fully saturated rings. The molecule has 3 aromatic rings. The third-order valence-corrected chi connectivity index (χ3v) is 5.22. The van der Waals surface area contributed by atoms with E-state index in [4.69, 9.17) is 23.2 Å².